The van der Waals surface area contributed by atoms with Crippen LogP contribution < -0.4 is 0 Å². The SMILES string of the molecule is O=[N+]([O-])c1ccc(-c2ccsc2Br)c(S(=O)O)c1. The van der Waals surface area contributed by atoms with Crippen LogP contribution in [0.25, 0.3) is 11.1 Å². The van der Waals surface area contributed by atoms with Gasteiger partial charge in [-0.1, -0.05) is 0 Å². The smallest absolute Gasteiger partial charge is 0.270 e. The summed E-state index contributed by atoms with van der Waals surface area (Å²) < 4.78 is 21.3. The van der Waals surface area contributed by atoms with Crippen molar-refractivity contribution in [1.82, 2.24) is 0 Å². The predicted molar refractivity (Wildman–Crippen MR) is 73.1 cm³/mol. The van der Waals surface area contributed by atoms with Gasteiger partial charge in [-0.25, -0.2) is 4.21 Å². The summed E-state index contributed by atoms with van der Waals surface area (Å²) in [7, 11) is 0. The lowest BCUT2D eigenvalue weighted by Crippen LogP contribution is -1.96. The predicted octanol–water partition coefficient (Wildman–Crippen LogP) is 3.67. The number of nitro benzene ring substituents is 1. The molecule has 0 bridgehead atoms. The van der Waals surface area contributed by atoms with E-state index < -0.39 is 16.0 Å². The van der Waals surface area contributed by atoms with E-state index in [1.165, 1.54) is 23.5 Å². The molecule has 2 aromatic rings. The van der Waals surface area contributed by atoms with Crippen LogP contribution in [0.1, 0.15) is 0 Å². The normalized spacial score (nSPS) is 12.3. The fourth-order valence-electron chi connectivity index (χ4n) is 1.48. The molecule has 0 spiro atoms. The molecule has 8 heteroatoms. The Balaban J connectivity index is 2.65. The minimum atomic E-state index is -2.28. The standard InChI is InChI=1S/C10H6BrNO4S2/c11-10-8(3-4-17-10)7-2-1-6(12(13)14)5-9(7)18(15)16/h1-5H,(H,15,16). The van der Waals surface area contributed by atoms with Crippen molar-refractivity contribution in [1.29, 1.82) is 0 Å². The van der Waals surface area contributed by atoms with Gasteiger partial charge >= 0.3 is 0 Å². The first-order chi connectivity index (χ1) is 8.50. The lowest BCUT2D eigenvalue weighted by atomic mass is 10.1. The highest BCUT2D eigenvalue weighted by molar-refractivity contribution is 9.11. The van der Waals surface area contributed by atoms with Gasteiger partial charge in [0.05, 0.1) is 13.6 Å². The maximum Gasteiger partial charge on any atom is 0.270 e. The van der Waals surface area contributed by atoms with Gasteiger partial charge in [0.1, 0.15) is 0 Å². The maximum atomic E-state index is 11.3. The fraction of sp³-hybridized carbons (Fsp3) is 0. The van der Waals surface area contributed by atoms with E-state index >= 15 is 0 Å². The van der Waals surface area contributed by atoms with Crippen LogP contribution in [0.2, 0.25) is 0 Å². The number of non-ortho nitro benzene ring substituents is 1. The van der Waals surface area contributed by atoms with E-state index in [-0.39, 0.29) is 10.6 Å². The quantitative estimate of drug-likeness (QED) is 0.521. The topological polar surface area (TPSA) is 80.4 Å². The number of hydrogen-bond acceptors (Lipinski definition) is 4. The van der Waals surface area contributed by atoms with E-state index in [1.54, 1.807) is 6.07 Å². The third-order valence-electron chi connectivity index (χ3n) is 2.27. The number of hydrogen-bond donors (Lipinski definition) is 1. The Morgan fingerprint density at radius 3 is 2.56 bits per heavy atom. The van der Waals surface area contributed by atoms with Gasteiger partial charge in [-0.05, 0) is 33.4 Å². The minimum absolute atomic E-state index is 0.0308. The van der Waals surface area contributed by atoms with Crippen LogP contribution in [0.4, 0.5) is 5.69 Å². The Kier molecular flexibility index (Phi) is 3.91. The average molecular weight is 348 g/mol. The van der Waals surface area contributed by atoms with Crippen molar-refractivity contribution in [3.8, 4) is 11.1 Å². The van der Waals surface area contributed by atoms with E-state index in [0.717, 1.165) is 15.4 Å². The maximum absolute atomic E-state index is 11.3. The molecule has 0 aliphatic heterocycles. The van der Waals surface area contributed by atoms with Gasteiger partial charge in [0, 0.05) is 23.3 Å². The summed E-state index contributed by atoms with van der Waals surface area (Å²) in [5.41, 5.74) is 1.05. The summed E-state index contributed by atoms with van der Waals surface area (Å²) in [6, 6.07) is 5.70. The molecule has 1 aromatic carbocycles. The van der Waals surface area contributed by atoms with Gasteiger partial charge in [0.25, 0.3) is 5.69 Å². The first-order valence-corrected chi connectivity index (χ1v) is 7.41. The summed E-state index contributed by atoms with van der Waals surface area (Å²) in [6.45, 7) is 0. The first-order valence-electron chi connectivity index (χ1n) is 4.63. The molecule has 0 saturated heterocycles. The van der Waals surface area contributed by atoms with Crippen molar-refractivity contribution in [3.63, 3.8) is 0 Å². The molecule has 0 radical (unpaired) electrons. The third-order valence-corrected chi connectivity index (χ3v) is 4.67. The van der Waals surface area contributed by atoms with Crippen LogP contribution >= 0.6 is 27.3 Å². The van der Waals surface area contributed by atoms with Crippen molar-refractivity contribution in [2.45, 2.75) is 4.90 Å². The van der Waals surface area contributed by atoms with Crippen molar-refractivity contribution >= 4 is 44.0 Å². The molecule has 1 unspecified atom stereocenters. The lowest BCUT2D eigenvalue weighted by Gasteiger charge is -2.05. The van der Waals surface area contributed by atoms with Crippen LogP contribution in [0.15, 0.2) is 38.3 Å². The highest BCUT2D eigenvalue weighted by Gasteiger charge is 2.17. The van der Waals surface area contributed by atoms with Crippen LogP contribution in [0.3, 0.4) is 0 Å². The van der Waals surface area contributed by atoms with E-state index in [2.05, 4.69) is 15.9 Å². The second kappa shape index (κ2) is 5.27. The van der Waals surface area contributed by atoms with E-state index in [9.17, 15) is 18.9 Å². The fourth-order valence-corrected chi connectivity index (χ4v) is 3.36. The van der Waals surface area contributed by atoms with Crippen LogP contribution in [-0.4, -0.2) is 13.7 Å². The molecule has 1 heterocycles. The third kappa shape index (κ3) is 2.51. The van der Waals surface area contributed by atoms with Crippen LogP contribution in [0, 0.1) is 10.1 Å². The average Bonchev–Trinajstić information content (AvgIpc) is 2.74. The van der Waals surface area contributed by atoms with Gasteiger partial charge in [0.2, 0.25) is 0 Å². The Hall–Kier alpha value is -1.09. The first kappa shape index (κ1) is 13.3. The second-order valence-electron chi connectivity index (χ2n) is 3.29. The van der Waals surface area contributed by atoms with E-state index in [4.69, 9.17) is 0 Å². The van der Waals surface area contributed by atoms with Gasteiger partial charge in [-0.2, -0.15) is 0 Å². The zero-order valence-corrected chi connectivity index (χ0v) is 11.9. The number of benzene rings is 1. The molecule has 1 aromatic heterocycles. The summed E-state index contributed by atoms with van der Waals surface area (Å²) in [4.78, 5) is 10.1. The Labute approximate surface area is 117 Å². The van der Waals surface area contributed by atoms with E-state index in [1.807, 2.05) is 5.38 Å². The molecule has 18 heavy (non-hydrogen) atoms. The summed E-state index contributed by atoms with van der Waals surface area (Å²) in [5, 5.41) is 12.5. The summed E-state index contributed by atoms with van der Waals surface area (Å²) >= 11 is 2.49. The molecular weight excluding hydrogens is 342 g/mol. The molecule has 5 nitrogen and oxygen atoms in total. The number of thiophene rings is 1. The summed E-state index contributed by atoms with van der Waals surface area (Å²) in [6.07, 6.45) is 0. The summed E-state index contributed by atoms with van der Waals surface area (Å²) in [5.74, 6) is 0. The second-order valence-corrected chi connectivity index (χ2v) is 6.47. The molecule has 0 saturated carbocycles. The molecule has 94 valence electrons. The van der Waals surface area contributed by atoms with Crippen LogP contribution in [0.5, 0.6) is 0 Å². The Morgan fingerprint density at radius 2 is 2.06 bits per heavy atom. The van der Waals surface area contributed by atoms with E-state index in [0.29, 0.717) is 5.56 Å². The van der Waals surface area contributed by atoms with Gasteiger partial charge in [-0.3, -0.25) is 10.1 Å². The molecule has 0 fully saturated rings. The monoisotopic (exact) mass is 347 g/mol. The largest absolute Gasteiger partial charge is 0.302 e. The zero-order valence-electron chi connectivity index (χ0n) is 8.70. The molecule has 0 amide bonds. The molecule has 1 atom stereocenters. The zero-order chi connectivity index (χ0) is 13.3. The number of nitro groups is 1. The van der Waals surface area contributed by atoms with Crippen molar-refractivity contribution in [3.05, 3.63) is 43.5 Å². The van der Waals surface area contributed by atoms with Gasteiger partial charge in [0.15, 0.2) is 11.1 Å². The Bertz CT molecular complexity index is 641. The molecule has 0 aliphatic carbocycles. The lowest BCUT2D eigenvalue weighted by molar-refractivity contribution is -0.385. The molecule has 2 rings (SSSR count). The van der Waals surface area contributed by atoms with Gasteiger partial charge < -0.3 is 4.55 Å². The minimum Gasteiger partial charge on any atom is -0.302 e. The van der Waals surface area contributed by atoms with Crippen molar-refractivity contribution < 1.29 is 13.7 Å². The van der Waals surface area contributed by atoms with Crippen molar-refractivity contribution in [2.75, 3.05) is 0 Å². The molecule has 1 N–H and O–H groups in total. The number of rotatable bonds is 3. The number of nitrogens with zero attached hydrogens (tertiary/aromatic N) is 1. The Morgan fingerprint density at radius 1 is 1.33 bits per heavy atom. The number of halogens is 1. The molecular formula is C10H6BrNO4S2. The van der Waals surface area contributed by atoms with Gasteiger partial charge in [-0.15, -0.1) is 11.3 Å². The highest BCUT2D eigenvalue weighted by atomic mass is 79.9. The highest BCUT2D eigenvalue weighted by Crippen LogP contribution is 2.37. The van der Waals surface area contributed by atoms with Crippen molar-refractivity contribution in [2.24, 2.45) is 0 Å². The molecule has 0 aliphatic rings. The van der Waals surface area contributed by atoms with Crippen LogP contribution in [-0.2, 0) is 11.1 Å².